The van der Waals surface area contributed by atoms with Gasteiger partial charge in [0.2, 0.25) is 5.88 Å². The highest BCUT2D eigenvalue weighted by Crippen LogP contribution is 2.19. The molecule has 3 N–H and O–H groups in total. The third-order valence-electron chi connectivity index (χ3n) is 2.10. The average Bonchev–Trinajstić information content (AvgIpc) is 2.39. The van der Waals surface area contributed by atoms with E-state index in [-0.39, 0.29) is 5.84 Å². The normalized spacial score (nSPS) is 11.2. The van der Waals surface area contributed by atoms with Crippen molar-refractivity contribution in [3.63, 3.8) is 0 Å². The van der Waals surface area contributed by atoms with Gasteiger partial charge in [0, 0.05) is 17.8 Å². The van der Waals surface area contributed by atoms with Gasteiger partial charge in [-0.25, -0.2) is 4.98 Å². The van der Waals surface area contributed by atoms with Gasteiger partial charge in [0.15, 0.2) is 5.84 Å². The van der Waals surface area contributed by atoms with Gasteiger partial charge < -0.3 is 15.7 Å². The molecular weight excluding hydrogens is 218 g/mol. The van der Waals surface area contributed by atoms with Crippen molar-refractivity contribution in [1.82, 2.24) is 4.98 Å². The van der Waals surface area contributed by atoms with E-state index in [1.165, 1.54) is 6.20 Å². The maximum absolute atomic E-state index is 8.57. The number of ether oxygens (including phenoxy) is 1. The van der Waals surface area contributed by atoms with Crippen LogP contribution in [0.1, 0.15) is 5.56 Å². The molecule has 0 saturated carbocycles. The Balaban J connectivity index is 2.23. The maximum Gasteiger partial charge on any atom is 0.219 e. The van der Waals surface area contributed by atoms with Crippen molar-refractivity contribution in [3.05, 3.63) is 54.2 Å². The van der Waals surface area contributed by atoms with Crippen LogP contribution in [0.15, 0.2) is 53.8 Å². The Morgan fingerprint density at radius 2 is 2.00 bits per heavy atom. The molecule has 86 valence electrons. The van der Waals surface area contributed by atoms with Crippen molar-refractivity contribution in [2.24, 2.45) is 10.9 Å². The molecule has 2 aromatic rings. The highest BCUT2D eigenvalue weighted by molar-refractivity contribution is 5.97. The Labute approximate surface area is 98.2 Å². The molecule has 1 heterocycles. The van der Waals surface area contributed by atoms with Crippen molar-refractivity contribution in [2.45, 2.75) is 0 Å². The molecule has 2 rings (SSSR count). The fourth-order valence-electron chi connectivity index (χ4n) is 1.29. The fourth-order valence-corrected chi connectivity index (χ4v) is 1.29. The molecule has 0 bridgehead atoms. The SMILES string of the molecule is N/C(=N\O)c1ccnc(Oc2ccccc2)c1. The molecular formula is C12H11N3O2. The third-order valence-corrected chi connectivity index (χ3v) is 2.10. The summed E-state index contributed by atoms with van der Waals surface area (Å²) in [5.41, 5.74) is 6.02. The molecule has 0 radical (unpaired) electrons. The molecule has 0 atom stereocenters. The van der Waals surface area contributed by atoms with Crippen LogP contribution in [0, 0.1) is 0 Å². The second-order valence-electron chi connectivity index (χ2n) is 3.28. The summed E-state index contributed by atoms with van der Waals surface area (Å²) in [4.78, 5) is 4.04. The molecule has 1 aromatic heterocycles. The van der Waals surface area contributed by atoms with Crippen molar-refractivity contribution in [3.8, 4) is 11.6 Å². The van der Waals surface area contributed by atoms with E-state index in [1.807, 2.05) is 30.3 Å². The van der Waals surface area contributed by atoms with E-state index < -0.39 is 0 Å². The number of nitrogens with two attached hydrogens (primary N) is 1. The second kappa shape index (κ2) is 4.98. The van der Waals surface area contributed by atoms with E-state index in [9.17, 15) is 0 Å². The average molecular weight is 229 g/mol. The van der Waals surface area contributed by atoms with E-state index in [1.54, 1.807) is 12.1 Å². The van der Waals surface area contributed by atoms with Crippen LogP contribution in [0.4, 0.5) is 0 Å². The Morgan fingerprint density at radius 3 is 2.71 bits per heavy atom. The van der Waals surface area contributed by atoms with Gasteiger partial charge in [0.25, 0.3) is 0 Å². The summed E-state index contributed by atoms with van der Waals surface area (Å²) in [6, 6.07) is 12.5. The third kappa shape index (κ3) is 2.72. The molecule has 0 amide bonds. The van der Waals surface area contributed by atoms with Gasteiger partial charge in [-0.1, -0.05) is 23.4 Å². The number of rotatable bonds is 3. The van der Waals surface area contributed by atoms with Crippen molar-refractivity contribution in [1.29, 1.82) is 0 Å². The number of hydrogen-bond acceptors (Lipinski definition) is 4. The molecule has 0 spiro atoms. The Kier molecular flexibility index (Phi) is 3.20. The second-order valence-corrected chi connectivity index (χ2v) is 3.28. The first-order valence-electron chi connectivity index (χ1n) is 4.96. The lowest BCUT2D eigenvalue weighted by molar-refractivity contribution is 0.318. The number of nitrogens with zero attached hydrogens (tertiary/aromatic N) is 2. The molecule has 0 fully saturated rings. The van der Waals surface area contributed by atoms with E-state index in [0.29, 0.717) is 17.2 Å². The number of pyridine rings is 1. The smallest absolute Gasteiger partial charge is 0.219 e. The summed E-state index contributed by atoms with van der Waals surface area (Å²) in [6.07, 6.45) is 1.53. The van der Waals surface area contributed by atoms with Crippen molar-refractivity contribution >= 4 is 5.84 Å². The van der Waals surface area contributed by atoms with E-state index in [2.05, 4.69) is 10.1 Å². The standard InChI is InChI=1S/C12H11N3O2/c13-12(15-16)9-6-7-14-11(8-9)17-10-4-2-1-3-5-10/h1-8,16H,(H2,13,15). The molecule has 0 saturated heterocycles. The van der Waals surface area contributed by atoms with Crippen LogP contribution in [0.3, 0.4) is 0 Å². The number of oxime groups is 1. The van der Waals surface area contributed by atoms with Crippen molar-refractivity contribution in [2.75, 3.05) is 0 Å². The number of benzene rings is 1. The van der Waals surface area contributed by atoms with Gasteiger partial charge >= 0.3 is 0 Å². The number of hydrogen-bond donors (Lipinski definition) is 2. The molecule has 0 aliphatic carbocycles. The zero-order valence-electron chi connectivity index (χ0n) is 8.95. The lowest BCUT2D eigenvalue weighted by Gasteiger charge is -2.05. The molecule has 17 heavy (non-hydrogen) atoms. The number of para-hydroxylation sites is 1. The molecule has 0 unspecified atom stereocenters. The van der Waals surface area contributed by atoms with Gasteiger partial charge in [0.05, 0.1) is 0 Å². The fraction of sp³-hybridized carbons (Fsp3) is 0. The lowest BCUT2D eigenvalue weighted by Crippen LogP contribution is -2.13. The number of aromatic nitrogens is 1. The highest BCUT2D eigenvalue weighted by atomic mass is 16.5. The highest BCUT2D eigenvalue weighted by Gasteiger charge is 2.03. The van der Waals surface area contributed by atoms with Crippen LogP contribution in [0.5, 0.6) is 11.6 Å². The first-order chi connectivity index (χ1) is 8.29. The monoisotopic (exact) mass is 229 g/mol. The Bertz CT molecular complexity index is 526. The molecule has 0 aliphatic rings. The summed E-state index contributed by atoms with van der Waals surface area (Å²) in [7, 11) is 0. The van der Waals surface area contributed by atoms with Crippen LogP contribution in [0.2, 0.25) is 0 Å². The molecule has 5 heteroatoms. The zero-order chi connectivity index (χ0) is 12.1. The van der Waals surface area contributed by atoms with Gasteiger partial charge in [-0.05, 0) is 18.2 Å². The van der Waals surface area contributed by atoms with Gasteiger partial charge in [-0.2, -0.15) is 0 Å². The molecule has 0 aliphatic heterocycles. The minimum atomic E-state index is 0.0188. The van der Waals surface area contributed by atoms with Crippen LogP contribution in [-0.4, -0.2) is 16.0 Å². The maximum atomic E-state index is 8.57. The first-order valence-corrected chi connectivity index (χ1v) is 4.96. The first kappa shape index (κ1) is 10.9. The van der Waals surface area contributed by atoms with Crippen LogP contribution >= 0.6 is 0 Å². The summed E-state index contributed by atoms with van der Waals surface area (Å²) in [6.45, 7) is 0. The van der Waals surface area contributed by atoms with Crippen LogP contribution < -0.4 is 10.5 Å². The molecule has 5 nitrogen and oxygen atoms in total. The quantitative estimate of drug-likeness (QED) is 0.365. The van der Waals surface area contributed by atoms with E-state index in [0.717, 1.165) is 0 Å². The Morgan fingerprint density at radius 1 is 1.24 bits per heavy atom. The minimum absolute atomic E-state index is 0.0188. The van der Waals surface area contributed by atoms with E-state index in [4.69, 9.17) is 15.7 Å². The van der Waals surface area contributed by atoms with E-state index >= 15 is 0 Å². The lowest BCUT2D eigenvalue weighted by atomic mass is 10.2. The minimum Gasteiger partial charge on any atom is -0.439 e. The predicted octanol–water partition coefficient (Wildman–Crippen LogP) is 1.97. The zero-order valence-corrected chi connectivity index (χ0v) is 8.95. The summed E-state index contributed by atoms with van der Waals surface area (Å²) < 4.78 is 5.51. The molecule has 1 aromatic carbocycles. The van der Waals surface area contributed by atoms with Crippen molar-refractivity contribution < 1.29 is 9.94 Å². The van der Waals surface area contributed by atoms with Gasteiger partial charge in [0.1, 0.15) is 5.75 Å². The topological polar surface area (TPSA) is 80.7 Å². The summed E-state index contributed by atoms with van der Waals surface area (Å²) in [5.74, 6) is 1.09. The number of amidine groups is 1. The largest absolute Gasteiger partial charge is 0.439 e. The summed E-state index contributed by atoms with van der Waals surface area (Å²) in [5, 5.41) is 11.5. The Hall–Kier alpha value is -2.56. The van der Waals surface area contributed by atoms with Crippen LogP contribution in [-0.2, 0) is 0 Å². The summed E-state index contributed by atoms with van der Waals surface area (Å²) >= 11 is 0. The van der Waals surface area contributed by atoms with Crippen LogP contribution in [0.25, 0.3) is 0 Å². The van der Waals surface area contributed by atoms with Gasteiger partial charge in [-0.15, -0.1) is 0 Å². The van der Waals surface area contributed by atoms with Gasteiger partial charge in [-0.3, -0.25) is 0 Å². The predicted molar refractivity (Wildman–Crippen MR) is 63.3 cm³/mol.